The van der Waals surface area contributed by atoms with E-state index in [1.807, 2.05) is 29.5 Å². The summed E-state index contributed by atoms with van der Waals surface area (Å²) in [6.45, 7) is 1.86. The smallest absolute Gasteiger partial charge is 0.204 e. The third kappa shape index (κ3) is 0.866. The van der Waals surface area contributed by atoms with E-state index >= 15 is 0 Å². The van der Waals surface area contributed by atoms with E-state index in [0.29, 0.717) is 3.57 Å². The van der Waals surface area contributed by atoms with Crippen molar-refractivity contribution in [1.29, 1.82) is 0 Å². The number of aryl methyl sites for hydroxylation is 1. The number of rotatable bonds is 0. The first-order valence-corrected chi connectivity index (χ1v) is 3.28. The van der Waals surface area contributed by atoms with Crippen molar-refractivity contribution in [3.05, 3.63) is 21.3 Å². The Hall–Kier alpha value is -0.0600. The maximum Gasteiger partial charge on any atom is 0.204 e. The zero-order valence-electron chi connectivity index (χ0n) is 4.33. The number of aromatic nitrogens is 1. The summed E-state index contributed by atoms with van der Waals surface area (Å²) in [5, 5.41) is 0. The molecule has 1 N–H and O–H groups in total. The Balaban J connectivity index is 3.19. The lowest BCUT2D eigenvalue weighted by molar-refractivity contribution is 0.584. The molecule has 0 aliphatic rings. The molecule has 0 saturated carbocycles. The van der Waals surface area contributed by atoms with E-state index in [9.17, 15) is 4.39 Å². The number of hydrogen-bond acceptors (Lipinski definition) is 0. The van der Waals surface area contributed by atoms with Gasteiger partial charge in [-0.3, -0.25) is 0 Å². The number of aromatic amines is 1. The van der Waals surface area contributed by atoms with Crippen LogP contribution < -0.4 is 0 Å². The summed E-state index contributed by atoms with van der Waals surface area (Å²) in [5.74, 6) is -0.233. The Morgan fingerprint density at radius 2 is 2.38 bits per heavy atom. The first-order chi connectivity index (χ1) is 3.72. The summed E-state index contributed by atoms with van der Waals surface area (Å²) in [5.41, 5.74) is 0.961. The summed E-state index contributed by atoms with van der Waals surface area (Å²) in [6.07, 6.45) is 1.65. The van der Waals surface area contributed by atoms with Gasteiger partial charge in [0.1, 0.15) is 0 Å². The van der Waals surface area contributed by atoms with E-state index < -0.39 is 0 Å². The predicted octanol–water partition coefficient (Wildman–Crippen LogP) is 2.07. The van der Waals surface area contributed by atoms with Gasteiger partial charge in [-0.05, 0) is 35.1 Å². The zero-order valence-corrected chi connectivity index (χ0v) is 6.49. The van der Waals surface area contributed by atoms with Crippen LogP contribution in [0.3, 0.4) is 0 Å². The average molecular weight is 225 g/mol. The Morgan fingerprint density at radius 3 is 2.50 bits per heavy atom. The second kappa shape index (κ2) is 2.05. The van der Waals surface area contributed by atoms with Crippen LogP contribution in [-0.2, 0) is 0 Å². The molecule has 0 aliphatic carbocycles. The molecule has 0 amide bonds. The molecule has 1 aromatic rings. The standard InChI is InChI=1S/C5H5FIN/c1-3-2-8-5(6)4(3)7/h2,8H,1H3. The van der Waals surface area contributed by atoms with Crippen LogP contribution >= 0.6 is 22.6 Å². The molecular formula is C5H5FIN. The van der Waals surface area contributed by atoms with E-state index in [-0.39, 0.29) is 5.95 Å². The molecule has 8 heavy (non-hydrogen) atoms. The highest BCUT2D eigenvalue weighted by Crippen LogP contribution is 2.12. The van der Waals surface area contributed by atoms with Gasteiger partial charge in [0.05, 0.1) is 3.57 Å². The number of halogens is 2. The number of nitrogens with one attached hydrogen (secondary N) is 1. The van der Waals surface area contributed by atoms with Gasteiger partial charge in [0.25, 0.3) is 0 Å². The molecule has 0 bridgehead atoms. The van der Waals surface area contributed by atoms with Crippen molar-refractivity contribution in [2.24, 2.45) is 0 Å². The van der Waals surface area contributed by atoms with Gasteiger partial charge in [-0.25, -0.2) is 0 Å². The van der Waals surface area contributed by atoms with Crippen molar-refractivity contribution >= 4 is 22.6 Å². The molecule has 1 heterocycles. The van der Waals surface area contributed by atoms with Crippen molar-refractivity contribution in [3.8, 4) is 0 Å². The van der Waals surface area contributed by atoms with Crippen LogP contribution in [0.25, 0.3) is 0 Å². The molecule has 0 saturated heterocycles. The van der Waals surface area contributed by atoms with Gasteiger partial charge in [0.15, 0.2) is 0 Å². The van der Waals surface area contributed by atoms with Gasteiger partial charge in [0.2, 0.25) is 5.95 Å². The third-order valence-electron chi connectivity index (χ3n) is 0.954. The molecular weight excluding hydrogens is 220 g/mol. The van der Waals surface area contributed by atoms with Gasteiger partial charge in [-0.2, -0.15) is 4.39 Å². The van der Waals surface area contributed by atoms with Crippen LogP contribution in [0.2, 0.25) is 0 Å². The highest BCUT2D eigenvalue weighted by Gasteiger charge is 2.00. The fraction of sp³-hybridized carbons (Fsp3) is 0.200. The van der Waals surface area contributed by atoms with Crippen molar-refractivity contribution < 1.29 is 4.39 Å². The summed E-state index contributed by atoms with van der Waals surface area (Å²) in [4.78, 5) is 2.46. The zero-order chi connectivity index (χ0) is 6.15. The van der Waals surface area contributed by atoms with Crippen LogP contribution in [0.4, 0.5) is 4.39 Å². The van der Waals surface area contributed by atoms with Crippen LogP contribution in [0, 0.1) is 16.4 Å². The van der Waals surface area contributed by atoms with Crippen LogP contribution in [0.1, 0.15) is 5.56 Å². The molecule has 0 unspecified atom stereocenters. The van der Waals surface area contributed by atoms with Crippen LogP contribution in [0.5, 0.6) is 0 Å². The maximum absolute atomic E-state index is 12.3. The Morgan fingerprint density at radius 1 is 1.75 bits per heavy atom. The lowest BCUT2D eigenvalue weighted by Gasteiger charge is -1.80. The second-order valence-corrected chi connectivity index (χ2v) is 2.68. The molecule has 1 aromatic heterocycles. The Kier molecular flexibility index (Phi) is 1.55. The summed E-state index contributed by atoms with van der Waals surface area (Å²) in [7, 11) is 0. The summed E-state index contributed by atoms with van der Waals surface area (Å²) >= 11 is 1.96. The van der Waals surface area contributed by atoms with E-state index in [0.717, 1.165) is 5.56 Å². The quantitative estimate of drug-likeness (QED) is 0.650. The number of H-pyrrole nitrogens is 1. The van der Waals surface area contributed by atoms with Gasteiger partial charge in [-0.1, -0.05) is 0 Å². The molecule has 44 valence electrons. The van der Waals surface area contributed by atoms with Crippen LogP contribution in [-0.4, -0.2) is 4.98 Å². The predicted molar refractivity (Wildman–Crippen MR) is 38.2 cm³/mol. The van der Waals surface area contributed by atoms with Gasteiger partial charge < -0.3 is 4.98 Å². The Bertz CT molecular complexity index is 175. The average Bonchev–Trinajstić information content (AvgIpc) is 1.98. The molecule has 0 radical (unpaired) electrons. The normalized spacial score (nSPS) is 9.88. The van der Waals surface area contributed by atoms with Gasteiger partial charge in [-0.15, -0.1) is 0 Å². The lowest BCUT2D eigenvalue weighted by Crippen LogP contribution is -1.73. The monoisotopic (exact) mass is 225 g/mol. The minimum Gasteiger partial charge on any atom is -0.337 e. The molecule has 0 aliphatic heterocycles. The van der Waals surface area contributed by atoms with E-state index in [1.54, 1.807) is 6.20 Å². The fourth-order valence-electron chi connectivity index (χ4n) is 0.471. The molecule has 0 aromatic carbocycles. The topological polar surface area (TPSA) is 15.8 Å². The highest BCUT2D eigenvalue weighted by molar-refractivity contribution is 14.1. The first-order valence-electron chi connectivity index (χ1n) is 2.21. The molecule has 0 atom stereocenters. The van der Waals surface area contributed by atoms with Crippen molar-refractivity contribution in [3.63, 3.8) is 0 Å². The van der Waals surface area contributed by atoms with Crippen molar-refractivity contribution in [1.82, 2.24) is 4.98 Å². The molecule has 1 nitrogen and oxygen atoms in total. The fourth-order valence-corrected chi connectivity index (χ4v) is 0.783. The Labute approximate surface area is 60.4 Å². The SMILES string of the molecule is Cc1c[nH]c(F)c1I. The maximum atomic E-state index is 12.3. The van der Waals surface area contributed by atoms with Crippen molar-refractivity contribution in [2.75, 3.05) is 0 Å². The van der Waals surface area contributed by atoms with Gasteiger partial charge >= 0.3 is 0 Å². The first kappa shape index (κ1) is 6.07. The van der Waals surface area contributed by atoms with E-state index in [2.05, 4.69) is 4.98 Å². The number of hydrogen-bond donors (Lipinski definition) is 1. The minimum atomic E-state index is -0.233. The third-order valence-corrected chi connectivity index (χ3v) is 2.28. The molecule has 0 fully saturated rings. The van der Waals surface area contributed by atoms with Gasteiger partial charge in [0, 0.05) is 6.20 Å². The second-order valence-electron chi connectivity index (χ2n) is 1.60. The molecule has 0 spiro atoms. The lowest BCUT2D eigenvalue weighted by atomic mass is 10.4. The highest BCUT2D eigenvalue weighted by atomic mass is 127. The van der Waals surface area contributed by atoms with Crippen molar-refractivity contribution in [2.45, 2.75) is 6.92 Å². The molecule has 3 heteroatoms. The van der Waals surface area contributed by atoms with E-state index in [1.165, 1.54) is 0 Å². The minimum absolute atomic E-state index is 0.233. The largest absolute Gasteiger partial charge is 0.337 e. The summed E-state index contributed by atoms with van der Waals surface area (Å²) < 4.78 is 13.0. The summed E-state index contributed by atoms with van der Waals surface area (Å²) in [6, 6.07) is 0. The van der Waals surface area contributed by atoms with Crippen LogP contribution in [0.15, 0.2) is 6.20 Å². The molecule has 1 rings (SSSR count). The van der Waals surface area contributed by atoms with E-state index in [4.69, 9.17) is 0 Å².